The average Bonchev–Trinajstić information content (AvgIpc) is 2.28. The Morgan fingerprint density at radius 3 is 2.71 bits per heavy atom. The minimum absolute atomic E-state index is 0.765. The van der Waals surface area contributed by atoms with Gasteiger partial charge in [-0.15, -0.1) is 0 Å². The van der Waals surface area contributed by atoms with Crippen LogP contribution in [0, 0.1) is 5.92 Å². The van der Waals surface area contributed by atoms with Crippen molar-refractivity contribution < 1.29 is 0 Å². The number of hydrogen-bond donors (Lipinski definition) is 1. The van der Waals surface area contributed by atoms with Crippen LogP contribution < -0.4 is 5.32 Å². The van der Waals surface area contributed by atoms with Crippen molar-refractivity contribution in [3.05, 3.63) is 0 Å². The molecule has 2 heteroatoms. The molecule has 0 aromatic carbocycles. The smallest absolute Gasteiger partial charge is 0.00722 e. The zero-order valence-electron chi connectivity index (χ0n) is 12.3. The van der Waals surface area contributed by atoms with Crippen molar-refractivity contribution in [2.45, 2.75) is 71.9 Å². The lowest BCUT2D eigenvalue weighted by Gasteiger charge is -2.40. The lowest BCUT2D eigenvalue weighted by atomic mass is 9.91. The van der Waals surface area contributed by atoms with Gasteiger partial charge in [0.2, 0.25) is 0 Å². The highest BCUT2D eigenvalue weighted by Crippen LogP contribution is 2.25. The molecule has 102 valence electrons. The van der Waals surface area contributed by atoms with E-state index in [2.05, 4.69) is 37.9 Å². The summed E-state index contributed by atoms with van der Waals surface area (Å²) in [5, 5.41) is 3.49. The van der Waals surface area contributed by atoms with Gasteiger partial charge in [0.25, 0.3) is 0 Å². The summed E-state index contributed by atoms with van der Waals surface area (Å²) < 4.78 is 0. The Hall–Kier alpha value is -0.0800. The van der Waals surface area contributed by atoms with Crippen LogP contribution in [0.3, 0.4) is 0 Å². The van der Waals surface area contributed by atoms with E-state index < -0.39 is 0 Å². The summed E-state index contributed by atoms with van der Waals surface area (Å²) in [6.45, 7) is 13.1. The van der Waals surface area contributed by atoms with Gasteiger partial charge in [-0.3, -0.25) is 4.90 Å². The highest BCUT2D eigenvalue weighted by molar-refractivity contribution is 4.80. The molecule has 0 aliphatic carbocycles. The Balaban J connectivity index is 2.16. The van der Waals surface area contributed by atoms with Crippen molar-refractivity contribution in [2.75, 3.05) is 19.6 Å². The van der Waals surface area contributed by atoms with Gasteiger partial charge in [-0.2, -0.15) is 0 Å². The van der Waals surface area contributed by atoms with Gasteiger partial charge in [0.15, 0.2) is 0 Å². The van der Waals surface area contributed by atoms with E-state index in [1.165, 1.54) is 51.7 Å². The van der Waals surface area contributed by atoms with Crippen molar-refractivity contribution >= 4 is 0 Å². The van der Waals surface area contributed by atoms with Gasteiger partial charge >= 0.3 is 0 Å². The molecule has 1 N–H and O–H groups in total. The molecule has 0 amide bonds. The minimum Gasteiger partial charge on any atom is -0.317 e. The molecule has 0 aromatic heterocycles. The SMILES string of the molecule is CCCNCCCC(C)N1CCC(C)CC1C. The van der Waals surface area contributed by atoms with Gasteiger partial charge < -0.3 is 5.32 Å². The quantitative estimate of drug-likeness (QED) is 0.687. The largest absolute Gasteiger partial charge is 0.317 e. The third kappa shape index (κ3) is 5.39. The molecule has 0 radical (unpaired) electrons. The molecule has 17 heavy (non-hydrogen) atoms. The number of piperidine rings is 1. The summed E-state index contributed by atoms with van der Waals surface area (Å²) in [6, 6.07) is 1.55. The third-order valence-corrected chi connectivity index (χ3v) is 4.16. The second-order valence-corrected chi connectivity index (χ2v) is 5.96. The van der Waals surface area contributed by atoms with Gasteiger partial charge in [0, 0.05) is 12.1 Å². The lowest BCUT2D eigenvalue weighted by Crippen LogP contribution is -2.45. The lowest BCUT2D eigenvalue weighted by molar-refractivity contribution is 0.0845. The molecule has 2 nitrogen and oxygen atoms in total. The molecule has 0 saturated carbocycles. The molecule has 1 aliphatic rings. The number of nitrogens with zero attached hydrogens (tertiary/aromatic N) is 1. The van der Waals surface area contributed by atoms with Gasteiger partial charge in [-0.25, -0.2) is 0 Å². The van der Waals surface area contributed by atoms with Crippen LogP contribution in [0.1, 0.15) is 59.8 Å². The van der Waals surface area contributed by atoms with Crippen LogP contribution in [0.2, 0.25) is 0 Å². The zero-order chi connectivity index (χ0) is 12.7. The summed E-state index contributed by atoms with van der Waals surface area (Å²) in [6.07, 6.45) is 6.69. The molecule has 0 bridgehead atoms. The van der Waals surface area contributed by atoms with Gasteiger partial charge in [0.1, 0.15) is 0 Å². The standard InChI is InChI=1S/C15H32N2/c1-5-9-16-10-6-7-14(3)17-11-8-13(2)12-15(17)4/h13-16H,5-12H2,1-4H3. The Morgan fingerprint density at radius 1 is 1.29 bits per heavy atom. The Bertz CT molecular complexity index is 193. The maximum atomic E-state index is 3.49. The molecule has 3 unspecified atom stereocenters. The van der Waals surface area contributed by atoms with Crippen molar-refractivity contribution in [1.82, 2.24) is 10.2 Å². The molecule has 1 aliphatic heterocycles. The summed E-state index contributed by atoms with van der Waals surface area (Å²) in [7, 11) is 0. The Labute approximate surface area is 108 Å². The van der Waals surface area contributed by atoms with Crippen LogP contribution in [0.25, 0.3) is 0 Å². The first-order valence-electron chi connectivity index (χ1n) is 7.61. The monoisotopic (exact) mass is 240 g/mol. The van der Waals surface area contributed by atoms with E-state index >= 15 is 0 Å². The number of nitrogens with one attached hydrogen (secondary N) is 1. The maximum Gasteiger partial charge on any atom is 0.00722 e. The van der Waals surface area contributed by atoms with E-state index in [0.717, 1.165) is 18.0 Å². The molecule has 1 saturated heterocycles. The second-order valence-electron chi connectivity index (χ2n) is 5.96. The van der Waals surface area contributed by atoms with E-state index in [1.54, 1.807) is 0 Å². The van der Waals surface area contributed by atoms with Crippen LogP contribution in [0.4, 0.5) is 0 Å². The summed E-state index contributed by atoms with van der Waals surface area (Å²) in [5.74, 6) is 0.930. The molecular weight excluding hydrogens is 208 g/mol. The van der Waals surface area contributed by atoms with E-state index in [1.807, 2.05) is 0 Å². The molecule has 0 aromatic rings. The van der Waals surface area contributed by atoms with Gasteiger partial charge in [-0.1, -0.05) is 13.8 Å². The fourth-order valence-corrected chi connectivity index (χ4v) is 3.07. The minimum atomic E-state index is 0.765. The first kappa shape index (κ1) is 15.0. The highest BCUT2D eigenvalue weighted by Gasteiger charge is 2.25. The second kappa shape index (κ2) is 8.10. The predicted octanol–water partition coefficient (Wildman–Crippen LogP) is 3.28. The summed E-state index contributed by atoms with van der Waals surface area (Å²) >= 11 is 0. The normalized spacial score (nSPS) is 28.2. The zero-order valence-corrected chi connectivity index (χ0v) is 12.3. The van der Waals surface area contributed by atoms with Gasteiger partial charge in [-0.05, 0) is 71.5 Å². The van der Waals surface area contributed by atoms with Crippen LogP contribution in [-0.2, 0) is 0 Å². The fraction of sp³-hybridized carbons (Fsp3) is 1.00. The van der Waals surface area contributed by atoms with E-state index in [-0.39, 0.29) is 0 Å². The van der Waals surface area contributed by atoms with Crippen LogP contribution in [0.15, 0.2) is 0 Å². The molecule has 1 heterocycles. The molecule has 1 fully saturated rings. The van der Waals surface area contributed by atoms with Crippen LogP contribution in [-0.4, -0.2) is 36.6 Å². The number of hydrogen-bond acceptors (Lipinski definition) is 2. The maximum absolute atomic E-state index is 3.49. The molecule has 3 atom stereocenters. The first-order chi connectivity index (χ1) is 8.15. The van der Waals surface area contributed by atoms with Crippen molar-refractivity contribution in [2.24, 2.45) is 5.92 Å². The Kier molecular flexibility index (Phi) is 7.14. The van der Waals surface area contributed by atoms with Crippen molar-refractivity contribution in [3.63, 3.8) is 0 Å². The fourth-order valence-electron chi connectivity index (χ4n) is 3.07. The van der Waals surface area contributed by atoms with Crippen LogP contribution in [0.5, 0.6) is 0 Å². The van der Waals surface area contributed by atoms with Crippen molar-refractivity contribution in [3.8, 4) is 0 Å². The third-order valence-electron chi connectivity index (χ3n) is 4.16. The predicted molar refractivity (Wildman–Crippen MR) is 76.4 cm³/mol. The average molecular weight is 240 g/mol. The first-order valence-corrected chi connectivity index (χ1v) is 7.61. The van der Waals surface area contributed by atoms with Crippen LogP contribution >= 0.6 is 0 Å². The van der Waals surface area contributed by atoms with Crippen molar-refractivity contribution in [1.29, 1.82) is 0 Å². The number of likely N-dealkylation sites (tertiary alicyclic amines) is 1. The summed E-state index contributed by atoms with van der Waals surface area (Å²) in [5.41, 5.74) is 0. The van der Waals surface area contributed by atoms with E-state index in [9.17, 15) is 0 Å². The molecule has 0 spiro atoms. The van der Waals surface area contributed by atoms with E-state index in [0.29, 0.717) is 0 Å². The number of rotatable bonds is 7. The molecule has 1 rings (SSSR count). The molecular formula is C15H32N2. The topological polar surface area (TPSA) is 15.3 Å². The van der Waals surface area contributed by atoms with E-state index in [4.69, 9.17) is 0 Å². The van der Waals surface area contributed by atoms with Gasteiger partial charge in [0.05, 0.1) is 0 Å². The summed E-state index contributed by atoms with van der Waals surface area (Å²) in [4.78, 5) is 2.72. The Morgan fingerprint density at radius 2 is 2.06 bits per heavy atom. The highest BCUT2D eigenvalue weighted by atomic mass is 15.2.